The average molecular weight is 719 g/mol. The van der Waals surface area contributed by atoms with Crippen LogP contribution in [0.15, 0.2) is 191 Å². The molecule has 0 saturated heterocycles. The van der Waals surface area contributed by atoms with E-state index < -0.39 is 0 Å². The normalized spacial score (nSPS) is 11.6. The van der Waals surface area contributed by atoms with E-state index in [-0.39, 0.29) is 0 Å². The van der Waals surface area contributed by atoms with Crippen molar-refractivity contribution in [3.63, 3.8) is 0 Å². The Kier molecular flexibility index (Phi) is 7.38. The molecule has 0 spiro atoms. The zero-order chi connectivity index (χ0) is 37.0. The number of fused-ring (bicyclic) bond motifs is 6. The van der Waals surface area contributed by atoms with E-state index >= 15 is 0 Å². The first-order chi connectivity index (χ1) is 27.7. The van der Waals surface area contributed by atoms with Gasteiger partial charge >= 0.3 is 0 Å². The van der Waals surface area contributed by atoms with Gasteiger partial charge in [0.05, 0.1) is 11.4 Å². The monoisotopic (exact) mass is 718 g/mol. The number of nitrogens with zero attached hydrogens (tertiary/aromatic N) is 4. The van der Waals surface area contributed by atoms with Gasteiger partial charge in [-0.15, -0.1) is 0 Å². The minimum absolute atomic E-state index is 0.608. The van der Waals surface area contributed by atoms with Crippen molar-refractivity contribution in [3.05, 3.63) is 182 Å². The SMILES string of the molecule is c1ccc(-c2cnc(-c3ccc(-c4nc(-c5ccccc5)cc(-c5ccc(-c6cccc7oc8ccccc8c67)c6c5oc5ccccc56)n4)cc3)nc2)cc1. The van der Waals surface area contributed by atoms with Gasteiger partial charge < -0.3 is 8.83 Å². The van der Waals surface area contributed by atoms with E-state index in [2.05, 4.69) is 88.8 Å². The van der Waals surface area contributed by atoms with Crippen molar-refractivity contribution in [2.75, 3.05) is 0 Å². The van der Waals surface area contributed by atoms with E-state index in [4.69, 9.17) is 18.8 Å². The predicted molar refractivity (Wildman–Crippen MR) is 225 cm³/mol. The molecule has 0 aliphatic carbocycles. The van der Waals surface area contributed by atoms with Gasteiger partial charge in [-0.25, -0.2) is 19.9 Å². The van der Waals surface area contributed by atoms with Crippen molar-refractivity contribution in [3.8, 4) is 67.5 Å². The summed E-state index contributed by atoms with van der Waals surface area (Å²) in [5.74, 6) is 1.26. The number of hydrogen-bond acceptors (Lipinski definition) is 6. The molecule has 11 rings (SSSR count). The fraction of sp³-hybridized carbons (Fsp3) is 0. The molecule has 7 aromatic carbocycles. The first-order valence-corrected chi connectivity index (χ1v) is 18.5. The van der Waals surface area contributed by atoms with Crippen LogP contribution in [0.4, 0.5) is 0 Å². The number of rotatable bonds is 6. The molecule has 56 heavy (non-hydrogen) atoms. The summed E-state index contributed by atoms with van der Waals surface area (Å²) in [5.41, 5.74) is 12.8. The summed E-state index contributed by atoms with van der Waals surface area (Å²) < 4.78 is 13.1. The summed E-state index contributed by atoms with van der Waals surface area (Å²) in [6.45, 7) is 0. The average Bonchev–Trinajstić information content (AvgIpc) is 3.86. The Balaban J connectivity index is 1.06. The molecule has 0 saturated carbocycles. The molecule has 0 radical (unpaired) electrons. The molecule has 0 amide bonds. The van der Waals surface area contributed by atoms with E-state index in [1.807, 2.05) is 103 Å². The van der Waals surface area contributed by atoms with Crippen molar-refractivity contribution < 1.29 is 8.83 Å². The Morgan fingerprint density at radius 2 is 0.893 bits per heavy atom. The van der Waals surface area contributed by atoms with Gasteiger partial charge in [-0.2, -0.15) is 0 Å². The van der Waals surface area contributed by atoms with E-state index in [9.17, 15) is 0 Å². The second-order valence-corrected chi connectivity index (χ2v) is 13.8. The minimum Gasteiger partial charge on any atom is -0.456 e. The summed E-state index contributed by atoms with van der Waals surface area (Å²) in [7, 11) is 0. The fourth-order valence-electron chi connectivity index (χ4n) is 7.75. The highest BCUT2D eigenvalue weighted by atomic mass is 16.3. The van der Waals surface area contributed by atoms with Crippen LogP contribution in [0, 0.1) is 0 Å². The van der Waals surface area contributed by atoms with Crippen molar-refractivity contribution in [2.45, 2.75) is 0 Å². The Labute approximate surface area is 321 Å². The minimum atomic E-state index is 0.608. The van der Waals surface area contributed by atoms with E-state index in [0.717, 1.165) is 99.8 Å². The van der Waals surface area contributed by atoms with Crippen LogP contribution in [0.25, 0.3) is 111 Å². The van der Waals surface area contributed by atoms with Crippen molar-refractivity contribution in [2.24, 2.45) is 0 Å². The number of hydrogen-bond donors (Lipinski definition) is 0. The van der Waals surface area contributed by atoms with Gasteiger partial charge in [0.15, 0.2) is 11.6 Å². The third-order valence-corrected chi connectivity index (χ3v) is 10.5. The maximum absolute atomic E-state index is 6.78. The van der Waals surface area contributed by atoms with E-state index in [1.54, 1.807) is 0 Å². The zero-order valence-electron chi connectivity index (χ0n) is 29.9. The molecule has 262 valence electrons. The third-order valence-electron chi connectivity index (χ3n) is 10.5. The summed E-state index contributed by atoms with van der Waals surface area (Å²) in [6, 6.07) is 57.6. The van der Waals surface area contributed by atoms with Gasteiger partial charge in [-0.1, -0.05) is 140 Å². The number of furan rings is 2. The van der Waals surface area contributed by atoms with Crippen LogP contribution in [0.5, 0.6) is 0 Å². The van der Waals surface area contributed by atoms with Gasteiger partial charge in [0.2, 0.25) is 0 Å². The highest BCUT2D eigenvalue weighted by Gasteiger charge is 2.22. The molecule has 11 aromatic rings. The van der Waals surface area contributed by atoms with E-state index in [0.29, 0.717) is 11.6 Å². The Morgan fingerprint density at radius 1 is 0.339 bits per heavy atom. The topological polar surface area (TPSA) is 77.8 Å². The first-order valence-electron chi connectivity index (χ1n) is 18.5. The zero-order valence-corrected chi connectivity index (χ0v) is 29.9. The molecule has 6 nitrogen and oxygen atoms in total. The molecule has 4 heterocycles. The second-order valence-electron chi connectivity index (χ2n) is 13.8. The lowest BCUT2D eigenvalue weighted by Gasteiger charge is -2.12. The third kappa shape index (κ3) is 5.35. The van der Waals surface area contributed by atoms with Crippen molar-refractivity contribution >= 4 is 43.9 Å². The number of benzene rings is 7. The fourth-order valence-corrected chi connectivity index (χ4v) is 7.75. The maximum Gasteiger partial charge on any atom is 0.160 e. The Hall–Kier alpha value is -7.70. The van der Waals surface area contributed by atoms with Crippen LogP contribution >= 0.6 is 0 Å². The molecule has 0 atom stereocenters. The smallest absolute Gasteiger partial charge is 0.160 e. The summed E-state index contributed by atoms with van der Waals surface area (Å²) in [4.78, 5) is 19.7. The first kappa shape index (κ1) is 31.8. The highest BCUT2D eigenvalue weighted by molar-refractivity contribution is 6.21. The van der Waals surface area contributed by atoms with E-state index in [1.165, 1.54) is 0 Å². The Morgan fingerprint density at radius 3 is 1.62 bits per heavy atom. The van der Waals surface area contributed by atoms with Crippen LogP contribution in [0.1, 0.15) is 0 Å². The number of aromatic nitrogens is 4. The molecule has 0 fully saturated rings. The van der Waals surface area contributed by atoms with Crippen LogP contribution in [-0.4, -0.2) is 19.9 Å². The molecular weight excluding hydrogens is 689 g/mol. The van der Waals surface area contributed by atoms with Gasteiger partial charge in [0, 0.05) is 61.8 Å². The van der Waals surface area contributed by atoms with Crippen molar-refractivity contribution in [1.29, 1.82) is 0 Å². The van der Waals surface area contributed by atoms with Crippen LogP contribution in [0.3, 0.4) is 0 Å². The van der Waals surface area contributed by atoms with Gasteiger partial charge in [-0.05, 0) is 47.0 Å². The molecular formula is C50H30N4O2. The van der Waals surface area contributed by atoms with Crippen molar-refractivity contribution in [1.82, 2.24) is 19.9 Å². The summed E-state index contributed by atoms with van der Waals surface area (Å²) >= 11 is 0. The lowest BCUT2D eigenvalue weighted by molar-refractivity contribution is 0.668. The quantitative estimate of drug-likeness (QED) is 0.170. The molecule has 0 bridgehead atoms. The van der Waals surface area contributed by atoms with Crippen LogP contribution < -0.4 is 0 Å². The van der Waals surface area contributed by atoms with Gasteiger partial charge in [0.25, 0.3) is 0 Å². The maximum atomic E-state index is 6.78. The largest absolute Gasteiger partial charge is 0.456 e. The van der Waals surface area contributed by atoms with Crippen LogP contribution in [0.2, 0.25) is 0 Å². The summed E-state index contributed by atoms with van der Waals surface area (Å²) in [5, 5.41) is 4.23. The molecule has 0 N–H and O–H groups in total. The molecule has 4 aromatic heterocycles. The number of para-hydroxylation sites is 2. The highest BCUT2D eigenvalue weighted by Crippen LogP contribution is 2.45. The van der Waals surface area contributed by atoms with Gasteiger partial charge in [0.1, 0.15) is 22.3 Å². The van der Waals surface area contributed by atoms with Gasteiger partial charge in [-0.3, -0.25) is 0 Å². The molecule has 0 unspecified atom stereocenters. The standard InChI is InChI=1S/C50H30N4O2/c1-3-12-31(13-4-1)35-29-51-49(52-30-35)33-22-24-34(25-23-33)50-53-41(32-14-5-2-6-15-32)28-42(54-50)38-27-26-37(47-40-17-8-10-20-44(40)56-48(38)47)36-18-11-21-45-46(36)39-16-7-9-19-43(39)55-45/h1-30H. The Bertz CT molecular complexity index is 3220. The van der Waals surface area contributed by atoms with Crippen LogP contribution in [-0.2, 0) is 0 Å². The lowest BCUT2D eigenvalue weighted by Crippen LogP contribution is -1.97. The molecule has 6 heteroatoms. The molecule has 0 aliphatic rings. The molecule has 0 aliphatic heterocycles. The second kappa shape index (κ2) is 13.0. The lowest BCUT2D eigenvalue weighted by atomic mass is 9.93. The summed E-state index contributed by atoms with van der Waals surface area (Å²) in [6.07, 6.45) is 3.73. The predicted octanol–water partition coefficient (Wildman–Crippen LogP) is 13.1.